The third kappa shape index (κ3) is 4.00. The van der Waals surface area contributed by atoms with Crippen molar-refractivity contribution in [2.75, 3.05) is 32.9 Å². The van der Waals surface area contributed by atoms with Gasteiger partial charge in [-0.3, -0.25) is 4.79 Å². The summed E-state index contributed by atoms with van der Waals surface area (Å²) in [6, 6.07) is 14.8. The van der Waals surface area contributed by atoms with Crippen LogP contribution in [0.2, 0.25) is 0 Å². The fourth-order valence-electron chi connectivity index (χ4n) is 2.98. The second-order valence-corrected chi connectivity index (χ2v) is 7.04. The summed E-state index contributed by atoms with van der Waals surface area (Å²) >= 11 is 1.75. The molecule has 1 aliphatic rings. The Hall–Kier alpha value is -1.23. The van der Waals surface area contributed by atoms with Crippen LogP contribution >= 0.6 is 24.2 Å². The number of carbonyl (C=O) groups excluding carboxylic acids is 1. The first-order valence-electron chi connectivity index (χ1n) is 7.70. The molecule has 1 aliphatic heterocycles. The molecule has 0 spiro atoms. The van der Waals surface area contributed by atoms with Crippen LogP contribution in [0.15, 0.2) is 42.5 Å². The number of amides is 1. The molecule has 0 N–H and O–H groups in total. The number of hydrogen-bond acceptors (Lipinski definition) is 3. The zero-order valence-corrected chi connectivity index (χ0v) is 15.2. The molecule has 1 fully saturated rings. The molecule has 2 aromatic carbocycles. The van der Waals surface area contributed by atoms with E-state index >= 15 is 0 Å². The Bertz CT molecular complexity index is 672. The van der Waals surface area contributed by atoms with Crippen molar-refractivity contribution in [3.05, 3.63) is 48.0 Å². The van der Waals surface area contributed by atoms with Crippen LogP contribution in [0, 0.1) is 0 Å². The lowest BCUT2D eigenvalue weighted by atomic mass is 10.0. The summed E-state index contributed by atoms with van der Waals surface area (Å²) in [5, 5.41) is 2.66. The number of hydrogen-bond donors (Lipinski definition) is 0. The number of thioether (sulfide) groups is 1. The van der Waals surface area contributed by atoms with E-state index in [0.29, 0.717) is 5.75 Å². The molecule has 0 bridgehead atoms. The molecule has 1 heterocycles. The number of carbonyl (C=O) groups is 1. The van der Waals surface area contributed by atoms with Gasteiger partial charge in [-0.05, 0) is 43.4 Å². The third-order valence-electron chi connectivity index (χ3n) is 4.06. The number of nitrogens with zero attached hydrogens (tertiary/aromatic N) is 2. The van der Waals surface area contributed by atoms with Gasteiger partial charge in [0.2, 0.25) is 5.91 Å². The van der Waals surface area contributed by atoms with Crippen molar-refractivity contribution < 1.29 is 4.79 Å². The van der Waals surface area contributed by atoms with Gasteiger partial charge in [0.05, 0.1) is 5.75 Å². The molecule has 0 saturated carbocycles. The quantitative estimate of drug-likeness (QED) is 0.819. The minimum absolute atomic E-state index is 0. The molecular formula is C18H23ClN2OS. The normalized spacial score (nSPS) is 17.8. The zero-order chi connectivity index (χ0) is 15.5. The predicted molar refractivity (Wildman–Crippen MR) is 101 cm³/mol. The van der Waals surface area contributed by atoms with Gasteiger partial charge in [-0.25, -0.2) is 0 Å². The van der Waals surface area contributed by atoms with Crippen molar-refractivity contribution in [2.45, 2.75) is 11.8 Å². The summed E-state index contributed by atoms with van der Waals surface area (Å²) in [6.45, 7) is 1.84. The SMILES string of the molecule is CN(C)CCCN1C(=O)CSC1c1cccc2ccccc12.Cl. The Kier molecular flexibility index (Phi) is 6.33. The fraction of sp³-hybridized carbons (Fsp3) is 0.389. The molecule has 5 heteroatoms. The highest BCUT2D eigenvalue weighted by atomic mass is 35.5. The van der Waals surface area contributed by atoms with Crippen molar-refractivity contribution in [2.24, 2.45) is 0 Å². The highest BCUT2D eigenvalue weighted by Gasteiger charge is 2.33. The molecular weight excluding hydrogens is 328 g/mol. The van der Waals surface area contributed by atoms with Gasteiger partial charge < -0.3 is 9.80 Å². The average Bonchev–Trinajstić information content (AvgIpc) is 2.87. The van der Waals surface area contributed by atoms with Gasteiger partial charge in [-0.1, -0.05) is 42.5 Å². The van der Waals surface area contributed by atoms with Gasteiger partial charge in [0.15, 0.2) is 0 Å². The Morgan fingerprint density at radius 1 is 1.17 bits per heavy atom. The highest BCUT2D eigenvalue weighted by molar-refractivity contribution is 8.00. The fourth-order valence-corrected chi connectivity index (χ4v) is 4.23. The van der Waals surface area contributed by atoms with Crippen molar-refractivity contribution in [1.82, 2.24) is 9.80 Å². The highest BCUT2D eigenvalue weighted by Crippen LogP contribution is 2.41. The maximum absolute atomic E-state index is 12.3. The maximum Gasteiger partial charge on any atom is 0.233 e. The van der Waals surface area contributed by atoms with Gasteiger partial charge in [0, 0.05) is 6.54 Å². The van der Waals surface area contributed by atoms with Crippen LogP contribution in [0.5, 0.6) is 0 Å². The Labute approximate surface area is 148 Å². The van der Waals surface area contributed by atoms with Crippen molar-refractivity contribution in [3.8, 4) is 0 Å². The molecule has 124 valence electrons. The smallest absolute Gasteiger partial charge is 0.233 e. The zero-order valence-electron chi connectivity index (χ0n) is 13.6. The second-order valence-electron chi connectivity index (χ2n) is 5.98. The van der Waals surface area contributed by atoms with E-state index in [1.165, 1.54) is 16.3 Å². The molecule has 1 atom stereocenters. The number of fused-ring (bicyclic) bond motifs is 1. The molecule has 1 unspecified atom stereocenters. The van der Waals surface area contributed by atoms with E-state index < -0.39 is 0 Å². The molecule has 23 heavy (non-hydrogen) atoms. The van der Waals surface area contributed by atoms with E-state index in [2.05, 4.69) is 66.4 Å². The molecule has 0 radical (unpaired) electrons. The van der Waals surface area contributed by atoms with Gasteiger partial charge in [0.1, 0.15) is 5.37 Å². The molecule has 3 rings (SSSR count). The first-order valence-corrected chi connectivity index (χ1v) is 8.75. The lowest BCUT2D eigenvalue weighted by Gasteiger charge is -2.26. The van der Waals surface area contributed by atoms with Crippen LogP contribution in [0.3, 0.4) is 0 Å². The molecule has 1 amide bonds. The van der Waals surface area contributed by atoms with Crippen molar-refractivity contribution in [1.29, 1.82) is 0 Å². The summed E-state index contributed by atoms with van der Waals surface area (Å²) < 4.78 is 0. The van der Waals surface area contributed by atoms with Crippen LogP contribution in [0.4, 0.5) is 0 Å². The lowest BCUT2D eigenvalue weighted by molar-refractivity contribution is -0.128. The minimum atomic E-state index is 0. The summed E-state index contributed by atoms with van der Waals surface area (Å²) in [4.78, 5) is 16.5. The first-order chi connectivity index (χ1) is 10.7. The van der Waals surface area contributed by atoms with Crippen LogP contribution in [0.1, 0.15) is 17.4 Å². The lowest BCUT2D eigenvalue weighted by Crippen LogP contribution is -2.31. The van der Waals surface area contributed by atoms with Crippen LogP contribution in [-0.2, 0) is 4.79 Å². The Morgan fingerprint density at radius 3 is 2.70 bits per heavy atom. The van der Waals surface area contributed by atoms with Gasteiger partial charge in [0.25, 0.3) is 0 Å². The number of benzene rings is 2. The second kappa shape index (κ2) is 8.04. The molecule has 1 saturated heterocycles. The Balaban J connectivity index is 0.00000192. The van der Waals surface area contributed by atoms with E-state index in [-0.39, 0.29) is 23.7 Å². The minimum Gasteiger partial charge on any atom is -0.326 e. The number of rotatable bonds is 5. The first kappa shape index (κ1) is 18.1. The van der Waals surface area contributed by atoms with Crippen LogP contribution < -0.4 is 0 Å². The van der Waals surface area contributed by atoms with Crippen molar-refractivity contribution in [3.63, 3.8) is 0 Å². The van der Waals surface area contributed by atoms with E-state index in [4.69, 9.17) is 0 Å². The largest absolute Gasteiger partial charge is 0.326 e. The molecule has 0 aromatic heterocycles. The summed E-state index contributed by atoms with van der Waals surface area (Å²) in [5.74, 6) is 0.859. The molecule has 2 aromatic rings. The predicted octanol–water partition coefficient (Wildman–Crippen LogP) is 3.79. The van der Waals surface area contributed by atoms with Gasteiger partial charge in [-0.15, -0.1) is 24.2 Å². The van der Waals surface area contributed by atoms with Gasteiger partial charge >= 0.3 is 0 Å². The van der Waals surface area contributed by atoms with E-state index in [0.717, 1.165) is 19.5 Å². The van der Waals surface area contributed by atoms with E-state index in [1.54, 1.807) is 11.8 Å². The van der Waals surface area contributed by atoms with Crippen LogP contribution in [0.25, 0.3) is 10.8 Å². The molecule has 3 nitrogen and oxygen atoms in total. The maximum atomic E-state index is 12.3. The summed E-state index contributed by atoms with van der Waals surface area (Å²) in [5.41, 5.74) is 1.26. The monoisotopic (exact) mass is 350 g/mol. The van der Waals surface area contributed by atoms with E-state index in [1.807, 2.05) is 0 Å². The number of halogens is 1. The van der Waals surface area contributed by atoms with Gasteiger partial charge in [-0.2, -0.15) is 0 Å². The third-order valence-corrected chi connectivity index (χ3v) is 5.30. The van der Waals surface area contributed by atoms with Crippen molar-refractivity contribution >= 4 is 40.8 Å². The average molecular weight is 351 g/mol. The molecule has 0 aliphatic carbocycles. The topological polar surface area (TPSA) is 23.6 Å². The van der Waals surface area contributed by atoms with E-state index in [9.17, 15) is 4.79 Å². The Morgan fingerprint density at radius 2 is 1.91 bits per heavy atom. The summed E-state index contributed by atoms with van der Waals surface area (Å²) in [6.07, 6.45) is 1.01. The summed E-state index contributed by atoms with van der Waals surface area (Å²) in [7, 11) is 4.14. The van der Waals surface area contributed by atoms with Crippen LogP contribution in [-0.4, -0.2) is 48.6 Å². The standard InChI is InChI=1S/C18H22N2OS.ClH/c1-19(2)11-6-12-20-17(21)13-22-18(20)16-10-5-8-14-7-3-4-9-15(14)16;/h3-5,7-10,18H,6,11-13H2,1-2H3;1H.